The van der Waals surface area contributed by atoms with Crippen molar-refractivity contribution in [1.29, 1.82) is 0 Å². The van der Waals surface area contributed by atoms with Crippen molar-refractivity contribution in [3.05, 3.63) is 46.6 Å². The number of benzene rings is 1. The Labute approximate surface area is 198 Å². The molecule has 1 aromatic carbocycles. The fourth-order valence-corrected chi connectivity index (χ4v) is 5.11. The second kappa shape index (κ2) is 10.1. The lowest BCUT2D eigenvalue weighted by molar-refractivity contribution is -0.127. The highest BCUT2D eigenvalue weighted by molar-refractivity contribution is 7.99. The molecule has 2 fully saturated rings. The zero-order valence-corrected chi connectivity index (χ0v) is 20.0. The van der Waals surface area contributed by atoms with E-state index >= 15 is 0 Å². The Morgan fingerprint density at radius 3 is 2.50 bits per heavy atom. The van der Waals surface area contributed by atoms with Gasteiger partial charge in [-0.15, -0.1) is 0 Å². The minimum Gasteiger partial charge on any atom is -0.353 e. The van der Waals surface area contributed by atoms with Crippen LogP contribution >= 0.6 is 23.4 Å². The SMILES string of the molecule is Cc1ccc(C(=O)N2CCN(c3cc(Cl)nc(SCC(=O)N4CCCC4)n3)CC2C)cc1. The number of piperazine rings is 1. The molecule has 1 aromatic heterocycles. The van der Waals surface area contributed by atoms with E-state index < -0.39 is 0 Å². The molecule has 0 spiro atoms. The fourth-order valence-electron chi connectivity index (χ4n) is 4.13. The maximum Gasteiger partial charge on any atom is 0.254 e. The number of thioether (sulfide) groups is 1. The molecular formula is C23H28ClN5O2S. The Bertz CT molecular complexity index is 981. The highest BCUT2D eigenvalue weighted by Gasteiger charge is 2.29. The van der Waals surface area contributed by atoms with Gasteiger partial charge in [0, 0.05) is 50.4 Å². The molecule has 9 heteroatoms. The van der Waals surface area contributed by atoms with Crippen LogP contribution in [-0.2, 0) is 4.79 Å². The van der Waals surface area contributed by atoms with E-state index in [1.165, 1.54) is 11.8 Å². The summed E-state index contributed by atoms with van der Waals surface area (Å²) in [6.07, 6.45) is 2.15. The summed E-state index contributed by atoms with van der Waals surface area (Å²) in [5, 5.41) is 0.864. The van der Waals surface area contributed by atoms with Crippen LogP contribution in [0.1, 0.15) is 35.7 Å². The topological polar surface area (TPSA) is 69.6 Å². The van der Waals surface area contributed by atoms with Crippen molar-refractivity contribution in [2.45, 2.75) is 37.9 Å². The van der Waals surface area contributed by atoms with E-state index in [0.717, 1.165) is 37.3 Å². The van der Waals surface area contributed by atoms with Crippen molar-refractivity contribution in [1.82, 2.24) is 19.8 Å². The van der Waals surface area contributed by atoms with Gasteiger partial charge in [0.2, 0.25) is 5.91 Å². The number of amides is 2. The largest absolute Gasteiger partial charge is 0.353 e. The second-order valence-electron chi connectivity index (χ2n) is 8.37. The Morgan fingerprint density at radius 1 is 1.09 bits per heavy atom. The van der Waals surface area contributed by atoms with Gasteiger partial charge >= 0.3 is 0 Å². The van der Waals surface area contributed by atoms with E-state index in [-0.39, 0.29) is 17.9 Å². The van der Waals surface area contributed by atoms with Gasteiger partial charge < -0.3 is 14.7 Å². The van der Waals surface area contributed by atoms with Gasteiger partial charge in [0.05, 0.1) is 5.75 Å². The van der Waals surface area contributed by atoms with Gasteiger partial charge in [-0.1, -0.05) is 41.1 Å². The van der Waals surface area contributed by atoms with E-state index in [0.29, 0.717) is 41.3 Å². The molecule has 3 heterocycles. The molecule has 2 amide bonds. The third-order valence-corrected chi connectivity index (χ3v) is 6.98. The lowest BCUT2D eigenvalue weighted by Crippen LogP contribution is -2.54. The van der Waals surface area contributed by atoms with Crippen LogP contribution in [0.25, 0.3) is 0 Å². The standard InChI is InChI=1S/C23H28ClN5O2S/c1-16-5-7-18(8-6-16)22(31)29-12-11-28(14-17(29)2)20-13-19(24)25-23(26-20)32-15-21(30)27-9-3-4-10-27/h5-8,13,17H,3-4,9-12,14-15H2,1-2H3. The van der Waals surface area contributed by atoms with Gasteiger partial charge in [0.15, 0.2) is 5.16 Å². The average Bonchev–Trinajstić information content (AvgIpc) is 3.32. The number of aryl methyl sites for hydroxylation is 1. The molecule has 0 aliphatic carbocycles. The molecule has 2 saturated heterocycles. The third-order valence-electron chi connectivity index (χ3n) is 5.96. The highest BCUT2D eigenvalue weighted by Crippen LogP contribution is 2.25. The molecule has 1 atom stereocenters. The van der Waals surface area contributed by atoms with Crippen molar-refractivity contribution in [3.8, 4) is 0 Å². The lowest BCUT2D eigenvalue weighted by Gasteiger charge is -2.40. The summed E-state index contributed by atoms with van der Waals surface area (Å²) in [5.74, 6) is 1.22. The number of rotatable bonds is 5. The predicted octanol–water partition coefficient (Wildman–Crippen LogP) is 3.50. The Balaban J connectivity index is 1.39. The number of likely N-dealkylation sites (tertiary alicyclic amines) is 1. The summed E-state index contributed by atoms with van der Waals surface area (Å²) in [7, 11) is 0. The number of carbonyl (C=O) groups excluding carboxylic acids is 2. The molecular weight excluding hydrogens is 446 g/mol. The summed E-state index contributed by atoms with van der Waals surface area (Å²) >= 11 is 7.59. The molecule has 4 rings (SSSR count). The first kappa shape index (κ1) is 22.9. The van der Waals surface area contributed by atoms with Crippen LogP contribution < -0.4 is 4.90 Å². The zero-order valence-electron chi connectivity index (χ0n) is 18.5. The first-order chi connectivity index (χ1) is 15.4. The number of hydrogen-bond donors (Lipinski definition) is 0. The van der Waals surface area contributed by atoms with Crippen molar-refractivity contribution < 1.29 is 9.59 Å². The monoisotopic (exact) mass is 473 g/mol. The summed E-state index contributed by atoms with van der Waals surface area (Å²) in [6, 6.07) is 9.47. The van der Waals surface area contributed by atoms with E-state index in [2.05, 4.69) is 14.9 Å². The molecule has 7 nitrogen and oxygen atoms in total. The number of carbonyl (C=O) groups is 2. The molecule has 2 aromatic rings. The molecule has 0 saturated carbocycles. The van der Waals surface area contributed by atoms with Crippen molar-refractivity contribution in [3.63, 3.8) is 0 Å². The summed E-state index contributed by atoms with van der Waals surface area (Å²) < 4.78 is 0. The highest BCUT2D eigenvalue weighted by atomic mass is 35.5. The summed E-state index contributed by atoms with van der Waals surface area (Å²) in [4.78, 5) is 40.2. The molecule has 1 unspecified atom stereocenters. The van der Waals surface area contributed by atoms with Crippen LogP contribution in [0.2, 0.25) is 5.15 Å². The number of anilines is 1. The first-order valence-electron chi connectivity index (χ1n) is 11.0. The molecule has 2 aliphatic heterocycles. The summed E-state index contributed by atoms with van der Waals surface area (Å²) in [6.45, 7) is 7.65. The van der Waals surface area contributed by atoms with Crippen molar-refractivity contribution >= 4 is 41.0 Å². The number of halogens is 1. The van der Waals surface area contributed by atoms with Crippen LogP contribution in [0.3, 0.4) is 0 Å². The third kappa shape index (κ3) is 5.35. The number of aromatic nitrogens is 2. The van der Waals surface area contributed by atoms with Crippen LogP contribution in [0.4, 0.5) is 5.82 Å². The quantitative estimate of drug-likeness (QED) is 0.376. The van der Waals surface area contributed by atoms with Gasteiger partial charge in [0.1, 0.15) is 11.0 Å². The van der Waals surface area contributed by atoms with Crippen LogP contribution in [0.15, 0.2) is 35.5 Å². The summed E-state index contributed by atoms with van der Waals surface area (Å²) in [5.41, 5.74) is 1.85. The van der Waals surface area contributed by atoms with Crippen molar-refractivity contribution in [2.75, 3.05) is 43.4 Å². The Hall–Kier alpha value is -2.32. The predicted molar refractivity (Wildman–Crippen MR) is 127 cm³/mol. The first-order valence-corrected chi connectivity index (χ1v) is 12.3. The maximum absolute atomic E-state index is 13.0. The Morgan fingerprint density at radius 2 is 1.81 bits per heavy atom. The van der Waals surface area contributed by atoms with Gasteiger partial charge in [-0.2, -0.15) is 0 Å². The molecule has 0 bridgehead atoms. The molecule has 32 heavy (non-hydrogen) atoms. The fraction of sp³-hybridized carbons (Fsp3) is 0.478. The van der Waals surface area contributed by atoms with E-state index in [4.69, 9.17) is 11.6 Å². The van der Waals surface area contributed by atoms with Crippen LogP contribution in [0.5, 0.6) is 0 Å². The number of hydrogen-bond acceptors (Lipinski definition) is 6. The zero-order chi connectivity index (χ0) is 22.7. The van der Waals surface area contributed by atoms with Gasteiger partial charge in [0.25, 0.3) is 5.91 Å². The van der Waals surface area contributed by atoms with E-state index in [1.54, 1.807) is 6.07 Å². The minimum atomic E-state index is 0.0270. The number of nitrogens with zero attached hydrogens (tertiary/aromatic N) is 5. The molecule has 2 aliphatic rings. The Kier molecular flexibility index (Phi) is 7.20. The van der Waals surface area contributed by atoms with Gasteiger partial charge in [-0.25, -0.2) is 9.97 Å². The van der Waals surface area contributed by atoms with Crippen LogP contribution in [-0.4, -0.2) is 76.1 Å². The normalized spacial score (nSPS) is 18.8. The maximum atomic E-state index is 13.0. The average molecular weight is 474 g/mol. The van der Waals surface area contributed by atoms with E-state index in [1.807, 2.05) is 47.9 Å². The smallest absolute Gasteiger partial charge is 0.254 e. The molecule has 170 valence electrons. The van der Waals surface area contributed by atoms with Crippen molar-refractivity contribution in [2.24, 2.45) is 0 Å². The minimum absolute atomic E-state index is 0.0270. The molecule has 0 N–H and O–H groups in total. The van der Waals surface area contributed by atoms with Crippen LogP contribution in [0, 0.1) is 6.92 Å². The van der Waals surface area contributed by atoms with E-state index in [9.17, 15) is 9.59 Å². The lowest BCUT2D eigenvalue weighted by atomic mass is 10.1. The van der Waals surface area contributed by atoms with Gasteiger partial charge in [-0.3, -0.25) is 9.59 Å². The van der Waals surface area contributed by atoms with Gasteiger partial charge in [-0.05, 0) is 38.8 Å². The second-order valence-corrected chi connectivity index (χ2v) is 9.70. The molecule has 0 radical (unpaired) electrons.